The number of fused-ring (bicyclic) bond motifs is 1. The first-order chi connectivity index (χ1) is 13.7. The molecule has 1 aromatic heterocycles. The van der Waals surface area contributed by atoms with Crippen LogP contribution >= 0.6 is 11.8 Å². The van der Waals surface area contributed by atoms with Crippen LogP contribution in [0.5, 0.6) is 0 Å². The molecular weight excluding hydrogens is 366 g/mol. The van der Waals surface area contributed by atoms with E-state index in [1.165, 1.54) is 11.8 Å². The normalized spacial score (nSPS) is 10.8. The van der Waals surface area contributed by atoms with Gasteiger partial charge in [-0.15, -0.1) is 0 Å². The minimum absolute atomic E-state index is 0.0614. The highest BCUT2D eigenvalue weighted by molar-refractivity contribution is 8.00. The van der Waals surface area contributed by atoms with Crippen LogP contribution in [-0.4, -0.2) is 21.6 Å². The maximum Gasteiger partial charge on any atom is 0.234 e. The molecule has 0 aliphatic carbocycles. The summed E-state index contributed by atoms with van der Waals surface area (Å²) in [6.07, 6.45) is 0. The maximum atomic E-state index is 12.6. The van der Waals surface area contributed by atoms with Crippen LogP contribution in [0.15, 0.2) is 83.9 Å². The van der Waals surface area contributed by atoms with Gasteiger partial charge in [0.15, 0.2) is 0 Å². The Labute approximate surface area is 168 Å². The lowest BCUT2D eigenvalue weighted by molar-refractivity contribution is -0.113. The number of nitrogens with one attached hydrogen (secondary N) is 1. The van der Waals surface area contributed by atoms with Gasteiger partial charge in [0.25, 0.3) is 0 Å². The molecule has 1 amide bonds. The Morgan fingerprint density at radius 1 is 0.893 bits per heavy atom. The van der Waals surface area contributed by atoms with E-state index < -0.39 is 0 Å². The molecule has 28 heavy (non-hydrogen) atoms. The van der Waals surface area contributed by atoms with Gasteiger partial charge in [-0.25, -0.2) is 9.97 Å². The van der Waals surface area contributed by atoms with Crippen molar-refractivity contribution in [3.05, 3.63) is 84.7 Å². The Hall–Kier alpha value is -3.18. The summed E-state index contributed by atoms with van der Waals surface area (Å²) in [5.74, 6) is 0.925. The van der Waals surface area contributed by atoms with Gasteiger partial charge >= 0.3 is 0 Å². The molecule has 4 nitrogen and oxygen atoms in total. The summed E-state index contributed by atoms with van der Waals surface area (Å²) in [6, 6.07) is 25.7. The van der Waals surface area contributed by atoms with Crippen LogP contribution in [0.1, 0.15) is 5.82 Å². The molecule has 0 atom stereocenters. The SMILES string of the molecule is Cc1nc(SCC(=O)Nc2ccccc2-c2ccccc2)c2ccccc2n1. The zero-order valence-electron chi connectivity index (χ0n) is 15.4. The minimum Gasteiger partial charge on any atom is -0.325 e. The maximum absolute atomic E-state index is 12.6. The van der Waals surface area contributed by atoms with E-state index in [0.29, 0.717) is 5.82 Å². The molecule has 0 spiro atoms. The number of amides is 1. The smallest absolute Gasteiger partial charge is 0.234 e. The molecule has 0 saturated carbocycles. The van der Waals surface area contributed by atoms with E-state index in [-0.39, 0.29) is 11.7 Å². The van der Waals surface area contributed by atoms with Gasteiger partial charge in [-0.1, -0.05) is 78.5 Å². The zero-order chi connectivity index (χ0) is 19.3. The van der Waals surface area contributed by atoms with Crippen molar-refractivity contribution in [2.75, 3.05) is 11.1 Å². The van der Waals surface area contributed by atoms with Crippen molar-refractivity contribution in [3.8, 4) is 11.1 Å². The van der Waals surface area contributed by atoms with E-state index in [0.717, 1.165) is 32.7 Å². The largest absolute Gasteiger partial charge is 0.325 e. The van der Waals surface area contributed by atoms with E-state index in [2.05, 4.69) is 15.3 Å². The average Bonchev–Trinajstić information content (AvgIpc) is 2.73. The zero-order valence-corrected chi connectivity index (χ0v) is 16.2. The monoisotopic (exact) mass is 385 g/mol. The fraction of sp³-hybridized carbons (Fsp3) is 0.0870. The third-order valence-corrected chi connectivity index (χ3v) is 5.30. The number of aryl methyl sites for hydroxylation is 1. The molecule has 0 bridgehead atoms. The van der Waals surface area contributed by atoms with Gasteiger partial charge < -0.3 is 5.32 Å². The number of carbonyl (C=O) groups excluding carboxylic acids is 1. The Bertz CT molecular complexity index is 1130. The van der Waals surface area contributed by atoms with Gasteiger partial charge in [0.05, 0.1) is 11.3 Å². The third-order valence-electron chi connectivity index (χ3n) is 4.31. The van der Waals surface area contributed by atoms with E-state index in [4.69, 9.17) is 0 Å². The molecule has 0 radical (unpaired) electrons. The van der Waals surface area contributed by atoms with Crippen LogP contribution in [0.4, 0.5) is 5.69 Å². The fourth-order valence-corrected chi connectivity index (χ4v) is 3.92. The standard InChI is InChI=1S/C23H19N3OS/c1-16-24-21-14-8-6-12-19(21)23(25-16)28-15-22(27)26-20-13-7-5-11-18(20)17-9-3-2-4-10-17/h2-14H,15H2,1H3,(H,26,27). The number of aromatic nitrogens is 2. The average molecular weight is 385 g/mol. The number of benzene rings is 3. The molecule has 3 aromatic carbocycles. The van der Waals surface area contributed by atoms with Crippen molar-refractivity contribution < 1.29 is 4.79 Å². The molecule has 0 saturated heterocycles. The highest BCUT2D eigenvalue weighted by Crippen LogP contribution is 2.29. The van der Waals surface area contributed by atoms with Crippen molar-refractivity contribution in [1.29, 1.82) is 0 Å². The van der Waals surface area contributed by atoms with Crippen LogP contribution in [0, 0.1) is 6.92 Å². The number of thioether (sulfide) groups is 1. The second-order valence-corrected chi connectivity index (χ2v) is 7.31. The molecule has 4 aromatic rings. The number of rotatable bonds is 5. The highest BCUT2D eigenvalue weighted by Gasteiger charge is 2.11. The molecule has 5 heteroatoms. The Morgan fingerprint density at radius 2 is 1.61 bits per heavy atom. The van der Waals surface area contributed by atoms with E-state index in [9.17, 15) is 4.79 Å². The topological polar surface area (TPSA) is 54.9 Å². The molecule has 0 aliphatic rings. The number of nitrogens with zero attached hydrogens (tertiary/aromatic N) is 2. The summed E-state index contributed by atoms with van der Waals surface area (Å²) in [4.78, 5) is 21.6. The molecule has 0 unspecified atom stereocenters. The minimum atomic E-state index is -0.0614. The van der Waals surface area contributed by atoms with Crippen LogP contribution < -0.4 is 5.32 Å². The third kappa shape index (κ3) is 4.05. The summed E-state index contributed by atoms with van der Waals surface area (Å²) < 4.78 is 0. The molecule has 4 rings (SSSR count). The lowest BCUT2D eigenvalue weighted by atomic mass is 10.0. The van der Waals surface area contributed by atoms with Gasteiger partial charge in [-0.2, -0.15) is 0 Å². The second kappa shape index (κ2) is 8.23. The molecule has 138 valence electrons. The summed E-state index contributed by atoms with van der Waals surface area (Å²) in [5, 5.41) is 4.84. The fourth-order valence-electron chi connectivity index (χ4n) is 3.05. The molecule has 1 heterocycles. The number of hydrogen-bond acceptors (Lipinski definition) is 4. The van der Waals surface area contributed by atoms with E-state index >= 15 is 0 Å². The Kier molecular flexibility index (Phi) is 5.35. The van der Waals surface area contributed by atoms with Crippen LogP contribution in [0.2, 0.25) is 0 Å². The van der Waals surface area contributed by atoms with Gasteiger partial charge in [0.2, 0.25) is 5.91 Å². The number of para-hydroxylation sites is 2. The van der Waals surface area contributed by atoms with Crippen LogP contribution in [-0.2, 0) is 4.79 Å². The van der Waals surface area contributed by atoms with Gasteiger partial charge in [-0.3, -0.25) is 4.79 Å². The van der Waals surface area contributed by atoms with Crippen molar-refractivity contribution in [1.82, 2.24) is 9.97 Å². The van der Waals surface area contributed by atoms with Crippen molar-refractivity contribution in [2.45, 2.75) is 11.9 Å². The Morgan fingerprint density at radius 3 is 2.46 bits per heavy atom. The van der Waals surface area contributed by atoms with Crippen molar-refractivity contribution in [2.24, 2.45) is 0 Å². The summed E-state index contributed by atoms with van der Waals surface area (Å²) in [5.41, 5.74) is 3.78. The predicted octanol–water partition coefficient (Wildman–Crippen LogP) is 5.34. The predicted molar refractivity (Wildman–Crippen MR) is 116 cm³/mol. The van der Waals surface area contributed by atoms with Crippen molar-refractivity contribution in [3.63, 3.8) is 0 Å². The molecule has 0 fully saturated rings. The van der Waals surface area contributed by atoms with Gasteiger partial charge in [-0.05, 0) is 24.6 Å². The lowest BCUT2D eigenvalue weighted by Crippen LogP contribution is -2.15. The van der Waals surface area contributed by atoms with E-state index in [1.54, 1.807) is 0 Å². The summed E-state index contributed by atoms with van der Waals surface area (Å²) in [7, 11) is 0. The highest BCUT2D eigenvalue weighted by atomic mass is 32.2. The first kappa shape index (κ1) is 18.2. The quantitative estimate of drug-likeness (QED) is 0.372. The lowest BCUT2D eigenvalue weighted by Gasteiger charge is -2.11. The first-order valence-electron chi connectivity index (χ1n) is 9.01. The Balaban J connectivity index is 1.51. The molecule has 0 aliphatic heterocycles. The van der Waals surface area contributed by atoms with Gasteiger partial charge in [0.1, 0.15) is 10.9 Å². The van der Waals surface area contributed by atoms with Crippen molar-refractivity contribution >= 4 is 34.3 Å². The number of anilines is 1. The number of hydrogen-bond donors (Lipinski definition) is 1. The van der Waals surface area contributed by atoms with Gasteiger partial charge in [0, 0.05) is 16.6 Å². The second-order valence-electron chi connectivity index (χ2n) is 6.34. The summed E-state index contributed by atoms with van der Waals surface area (Å²) in [6.45, 7) is 1.87. The molecular formula is C23H19N3OS. The molecule has 1 N–H and O–H groups in total. The first-order valence-corrected chi connectivity index (χ1v) is 10.00. The van der Waals surface area contributed by atoms with Crippen LogP contribution in [0.3, 0.4) is 0 Å². The summed E-state index contributed by atoms with van der Waals surface area (Å²) >= 11 is 1.43. The number of carbonyl (C=O) groups is 1. The van der Waals surface area contributed by atoms with Crippen LogP contribution in [0.25, 0.3) is 22.0 Å². The van der Waals surface area contributed by atoms with E-state index in [1.807, 2.05) is 85.8 Å².